The van der Waals surface area contributed by atoms with Gasteiger partial charge in [-0.1, -0.05) is 12.0 Å². The highest BCUT2D eigenvalue weighted by Gasteiger charge is 2.13. The predicted octanol–water partition coefficient (Wildman–Crippen LogP) is 2.99. The van der Waals surface area contributed by atoms with Crippen molar-refractivity contribution in [3.63, 3.8) is 0 Å². The highest BCUT2D eigenvalue weighted by Crippen LogP contribution is 2.21. The minimum Gasteiger partial charge on any atom is -0.497 e. The van der Waals surface area contributed by atoms with Gasteiger partial charge in [0.2, 0.25) is 5.78 Å². The van der Waals surface area contributed by atoms with E-state index >= 15 is 0 Å². The fraction of sp³-hybridized carbons (Fsp3) is 0.111. The molecule has 0 aromatic heterocycles. The molecule has 0 unspecified atom stereocenters. The van der Waals surface area contributed by atoms with E-state index < -0.39 is 17.6 Å². The van der Waals surface area contributed by atoms with Crippen LogP contribution in [0.4, 0.5) is 4.39 Å². The summed E-state index contributed by atoms with van der Waals surface area (Å²) in [5.41, 5.74) is 0.617. The Hall–Kier alpha value is -3.13. The molecule has 0 saturated carbocycles. The lowest BCUT2D eigenvalue weighted by Gasteiger charge is -2.05. The second kappa shape index (κ2) is 7.23. The molecule has 0 aliphatic heterocycles. The van der Waals surface area contributed by atoms with Crippen molar-refractivity contribution in [1.82, 2.24) is 0 Å². The zero-order valence-corrected chi connectivity index (χ0v) is 12.6. The van der Waals surface area contributed by atoms with Gasteiger partial charge in [-0.05, 0) is 36.3 Å². The number of carbonyl (C=O) groups is 2. The Morgan fingerprint density at radius 3 is 2.61 bits per heavy atom. The van der Waals surface area contributed by atoms with Gasteiger partial charge in [-0.3, -0.25) is 9.59 Å². The van der Waals surface area contributed by atoms with Crippen molar-refractivity contribution in [2.45, 2.75) is 6.92 Å². The lowest BCUT2D eigenvalue weighted by Crippen LogP contribution is -2.07. The van der Waals surface area contributed by atoms with Crippen LogP contribution in [0.25, 0.3) is 0 Å². The highest BCUT2D eigenvalue weighted by molar-refractivity contribution is 6.11. The van der Waals surface area contributed by atoms with Crippen LogP contribution < -0.4 is 9.47 Å². The van der Waals surface area contributed by atoms with Crippen molar-refractivity contribution in [2.24, 2.45) is 0 Å². The van der Waals surface area contributed by atoms with Gasteiger partial charge in [-0.25, -0.2) is 4.39 Å². The van der Waals surface area contributed by atoms with Crippen LogP contribution in [0.3, 0.4) is 0 Å². The number of ether oxygens (including phenoxy) is 2. The van der Waals surface area contributed by atoms with E-state index in [2.05, 4.69) is 11.8 Å². The van der Waals surface area contributed by atoms with E-state index in [-0.39, 0.29) is 11.3 Å². The minimum absolute atomic E-state index is 0.0250. The number of halogens is 1. The third kappa shape index (κ3) is 4.42. The number of Topliss-reactive ketones (excluding diaryl/α,β-unsaturated/α-hetero) is 1. The van der Waals surface area contributed by atoms with E-state index in [1.54, 1.807) is 24.3 Å². The highest BCUT2D eigenvalue weighted by atomic mass is 19.1. The van der Waals surface area contributed by atoms with Gasteiger partial charge < -0.3 is 9.47 Å². The van der Waals surface area contributed by atoms with E-state index in [9.17, 15) is 14.0 Å². The molecule has 0 spiro atoms. The summed E-state index contributed by atoms with van der Waals surface area (Å²) in [6, 6.07) is 10.2. The summed E-state index contributed by atoms with van der Waals surface area (Å²) in [6.45, 7) is 1.17. The number of carbonyl (C=O) groups excluding carboxylic acids is 2. The molecule has 0 bridgehead atoms. The zero-order chi connectivity index (χ0) is 16.8. The molecule has 0 amide bonds. The topological polar surface area (TPSA) is 52.6 Å². The Labute approximate surface area is 132 Å². The molecule has 0 saturated heterocycles. The summed E-state index contributed by atoms with van der Waals surface area (Å²) in [4.78, 5) is 23.2. The van der Waals surface area contributed by atoms with Gasteiger partial charge in [0.1, 0.15) is 17.3 Å². The van der Waals surface area contributed by atoms with Crippen molar-refractivity contribution in [3.05, 3.63) is 59.4 Å². The third-order valence-corrected chi connectivity index (χ3v) is 2.83. The molecule has 5 heteroatoms. The minimum atomic E-state index is -0.648. The van der Waals surface area contributed by atoms with Crippen molar-refractivity contribution in [3.8, 4) is 23.3 Å². The zero-order valence-electron chi connectivity index (χ0n) is 12.6. The molecule has 4 nitrogen and oxygen atoms in total. The fourth-order valence-electron chi connectivity index (χ4n) is 1.82. The van der Waals surface area contributed by atoms with Gasteiger partial charge in [-0.2, -0.15) is 0 Å². The molecule has 2 rings (SSSR count). The molecule has 0 heterocycles. The molecule has 2 aromatic rings. The van der Waals surface area contributed by atoms with E-state index in [4.69, 9.17) is 9.47 Å². The summed E-state index contributed by atoms with van der Waals surface area (Å²) in [5.74, 6) is 3.77. The van der Waals surface area contributed by atoms with E-state index in [1.165, 1.54) is 20.1 Å². The summed E-state index contributed by atoms with van der Waals surface area (Å²) in [6.07, 6.45) is 0. The van der Waals surface area contributed by atoms with Crippen LogP contribution in [-0.4, -0.2) is 18.9 Å². The maximum atomic E-state index is 13.2. The second-order valence-corrected chi connectivity index (χ2v) is 4.55. The van der Waals surface area contributed by atoms with Gasteiger partial charge >= 0.3 is 5.97 Å². The molecule has 0 radical (unpaired) electrons. The van der Waals surface area contributed by atoms with Crippen molar-refractivity contribution >= 4 is 11.8 Å². The summed E-state index contributed by atoms with van der Waals surface area (Å²) in [7, 11) is 1.53. The first-order valence-corrected chi connectivity index (χ1v) is 6.68. The molecule has 0 fully saturated rings. The second-order valence-electron chi connectivity index (χ2n) is 4.55. The predicted molar refractivity (Wildman–Crippen MR) is 81.9 cm³/mol. The Morgan fingerprint density at radius 2 is 1.91 bits per heavy atom. The molecular formula is C18H13FO4. The van der Waals surface area contributed by atoms with Crippen LogP contribution in [0.1, 0.15) is 22.8 Å². The van der Waals surface area contributed by atoms with Crippen LogP contribution in [0, 0.1) is 17.7 Å². The SMILES string of the molecule is COc1cccc(C#CC(=O)c2ccc(F)cc2OC(C)=O)c1. The van der Waals surface area contributed by atoms with Crippen molar-refractivity contribution < 1.29 is 23.5 Å². The van der Waals surface area contributed by atoms with Gasteiger partial charge in [0.25, 0.3) is 0 Å². The smallest absolute Gasteiger partial charge is 0.308 e. The first kappa shape index (κ1) is 16.2. The molecule has 2 aromatic carbocycles. The largest absolute Gasteiger partial charge is 0.497 e. The first-order valence-electron chi connectivity index (χ1n) is 6.68. The normalized spacial score (nSPS) is 9.52. The van der Waals surface area contributed by atoms with E-state index in [1.807, 2.05) is 0 Å². The quantitative estimate of drug-likeness (QED) is 0.378. The Balaban J connectivity index is 2.31. The van der Waals surface area contributed by atoms with Gasteiger partial charge in [0.05, 0.1) is 12.7 Å². The van der Waals surface area contributed by atoms with Crippen LogP contribution in [0.5, 0.6) is 11.5 Å². The number of esters is 1. The van der Waals surface area contributed by atoms with Crippen LogP contribution in [-0.2, 0) is 4.79 Å². The maximum Gasteiger partial charge on any atom is 0.308 e. The van der Waals surface area contributed by atoms with Crippen molar-refractivity contribution in [2.75, 3.05) is 7.11 Å². The molecule has 0 atom stereocenters. The van der Waals surface area contributed by atoms with E-state index in [0.29, 0.717) is 11.3 Å². The standard InChI is InChI=1S/C18H13FO4/c1-12(20)23-18-11-14(19)7-8-16(18)17(21)9-6-13-4-3-5-15(10-13)22-2/h3-5,7-8,10-11H,1-2H3. The van der Waals surface area contributed by atoms with Gasteiger partial charge in [0.15, 0.2) is 0 Å². The van der Waals surface area contributed by atoms with E-state index in [0.717, 1.165) is 12.1 Å². The fourth-order valence-corrected chi connectivity index (χ4v) is 1.82. The summed E-state index contributed by atoms with van der Waals surface area (Å²) < 4.78 is 23.2. The van der Waals surface area contributed by atoms with Gasteiger partial charge in [0, 0.05) is 18.6 Å². The lowest BCUT2D eigenvalue weighted by molar-refractivity contribution is -0.131. The number of methoxy groups -OCH3 is 1. The number of benzene rings is 2. The third-order valence-electron chi connectivity index (χ3n) is 2.83. The van der Waals surface area contributed by atoms with Crippen LogP contribution in [0.2, 0.25) is 0 Å². The maximum absolute atomic E-state index is 13.2. The molecule has 0 aliphatic carbocycles. The van der Waals surface area contributed by atoms with Crippen molar-refractivity contribution in [1.29, 1.82) is 0 Å². The molecule has 23 heavy (non-hydrogen) atoms. The van der Waals surface area contributed by atoms with Crippen LogP contribution in [0.15, 0.2) is 42.5 Å². The average Bonchev–Trinajstić information content (AvgIpc) is 2.52. The number of hydrogen-bond acceptors (Lipinski definition) is 4. The monoisotopic (exact) mass is 312 g/mol. The van der Waals surface area contributed by atoms with Gasteiger partial charge in [-0.15, -0.1) is 0 Å². The Bertz CT molecular complexity index is 815. The molecule has 116 valence electrons. The molecular weight excluding hydrogens is 299 g/mol. The Morgan fingerprint density at radius 1 is 1.13 bits per heavy atom. The summed E-state index contributed by atoms with van der Waals surface area (Å²) >= 11 is 0. The number of rotatable bonds is 3. The first-order chi connectivity index (χ1) is 11.0. The molecule has 0 N–H and O–H groups in total. The summed E-state index contributed by atoms with van der Waals surface area (Å²) in [5, 5.41) is 0. The average molecular weight is 312 g/mol. The lowest BCUT2D eigenvalue weighted by atomic mass is 10.1. The molecule has 0 aliphatic rings. The van der Waals surface area contributed by atoms with Crippen LogP contribution >= 0.6 is 0 Å². The Kier molecular flexibility index (Phi) is 5.11. The number of ketones is 1. The number of hydrogen-bond donors (Lipinski definition) is 0.